The smallest absolute Gasteiger partial charge is 0.267 e. The van der Waals surface area contributed by atoms with Crippen molar-refractivity contribution in [1.82, 2.24) is 30.5 Å². The summed E-state index contributed by atoms with van der Waals surface area (Å²) in [5, 5.41) is 15.1. The van der Waals surface area contributed by atoms with Crippen LogP contribution in [-0.4, -0.2) is 37.1 Å². The van der Waals surface area contributed by atoms with Crippen LogP contribution in [0.1, 0.15) is 24.3 Å². The fourth-order valence-corrected chi connectivity index (χ4v) is 4.32. The lowest BCUT2D eigenvalue weighted by Crippen LogP contribution is -2.30. The second kappa shape index (κ2) is 9.23. The zero-order chi connectivity index (χ0) is 25.4. The Morgan fingerprint density at radius 2 is 1.70 bits per heavy atom. The maximum atomic E-state index is 12.5. The number of fused-ring (bicyclic) bond motifs is 2. The maximum Gasteiger partial charge on any atom is 0.267 e. The molecule has 0 radical (unpaired) electrons. The molecule has 0 atom stereocenters. The third-order valence-electron chi connectivity index (χ3n) is 6.13. The average Bonchev–Trinajstić information content (AvgIpc) is 3.59. The van der Waals surface area contributed by atoms with E-state index in [4.69, 9.17) is 9.97 Å². The zero-order valence-electron chi connectivity index (χ0n) is 20.4. The Morgan fingerprint density at radius 1 is 0.892 bits per heavy atom. The van der Waals surface area contributed by atoms with Gasteiger partial charge in [-0.3, -0.25) is 9.89 Å². The number of rotatable bonds is 6. The lowest BCUT2D eigenvalue weighted by molar-refractivity contribution is 0.0939. The summed E-state index contributed by atoms with van der Waals surface area (Å²) >= 11 is 0. The van der Waals surface area contributed by atoms with Gasteiger partial charge in [-0.05, 0) is 55.8 Å². The van der Waals surface area contributed by atoms with Gasteiger partial charge in [0.25, 0.3) is 5.91 Å². The third kappa shape index (κ3) is 4.52. The predicted molar refractivity (Wildman–Crippen MR) is 147 cm³/mol. The zero-order valence-corrected chi connectivity index (χ0v) is 20.4. The normalized spacial score (nSPS) is 11.3. The number of carbonyl (C=O) groups is 1. The largest absolute Gasteiger partial charge is 0.351 e. The van der Waals surface area contributed by atoms with Gasteiger partial charge in [-0.25, -0.2) is 9.97 Å². The first-order chi connectivity index (χ1) is 18.0. The van der Waals surface area contributed by atoms with Crippen molar-refractivity contribution in [2.45, 2.75) is 19.9 Å². The standard InChI is InChI=1S/C29H25N7O/c1-17(2)32-29(37)26-13-19-7-8-20(14-25(19)34-26)27-35-24-6-4-3-5-23(24)28(36-27)33-22-11-9-18(10-12-22)21-15-30-31-16-21/h3-17,34H,1-2H3,(H,30,31)(H,32,37)(H,33,35,36). The fraction of sp³-hybridized carbons (Fsp3) is 0.103. The second-order valence-corrected chi connectivity index (χ2v) is 9.22. The summed E-state index contributed by atoms with van der Waals surface area (Å²) < 4.78 is 0. The maximum absolute atomic E-state index is 12.5. The molecule has 0 bridgehead atoms. The van der Waals surface area contributed by atoms with E-state index in [1.54, 1.807) is 6.20 Å². The van der Waals surface area contributed by atoms with E-state index in [1.165, 1.54) is 0 Å². The number of benzene rings is 3. The summed E-state index contributed by atoms with van der Waals surface area (Å²) in [5.41, 5.74) is 6.11. The van der Waals surface area contributed by atoms with E-state index in [0.29, 0.717) is 11.5 Å². The molecule has 37 heavy (non-hydrogen) atoms. The third-order valence-corrected chi connectivity index (χ3v) is 6.13. The summed E-state index contributed by atoms with van der Waals surface area (Å²) in [4.78, 5) is 25.4. The topological polar surface area (TPSA) is 111 Å². The van der Waals surface area contributed by atoms with E-state index in [0.717, 1.165) is 50.0 Å². The monoisotopic (exact) mass is 487 g/mol. The first-order valence-electron chi connectivity index (χ1n) is 12.1. The Kier molecular flexibility index (Phi) is 5.61. The van der Waals surface area contributed by atoms with Crippen LogP contribution in [0, 0.1) is 0 Å². The summed E-state index contributed by atoms with van der Waals surface area (Å²) in [7, 11) is 0. The lowest BCUT2D eigenvalue weighted by Gasteiger charge is -2.12. The highest BCUT2D eigenvalue weighted by atomic mass is 16.1. The highest BCUT2D eigenvalue weighted by molar-refractivity contribution is 5.99. The van der Waals surface area contributed by atoms with Gasteiger partial charge in [0.2, 0.25) is 0 Å². The molecular formula is C29H25N7O. The molecule has 0 unspecified atom stereocenters. The van der Waals surface area contributed by atoms with Gasteiger partial charge in [0, 0.05) is 45.3 Å². The van der Waals surface area contributed by atoms with Crippen molar-refractivity contribution in [3.05, 3.63) is 90.9 Å². The van der Waals surface area contributed by atoms with E-state index < -0.39 is 0 Å². The number of anilines is 2. The number of para-hydroxylation sites is 1. The quantitative estimate of drug-likeness (QED) is 0.229. The molecule has 8 heteroatoms. The molecule has 8 nitrogen and oxygen atoms in total. The van der Waals surface area contributed by atoms with Crippen molar-refractivity contribution >= 4 is 39.2 Å². The van der Waals surface area contributed by atoms with Crippen LogP contribution in [0.5, 0.6) is 0 Å². The van der Waals surface area contributed by atoms with Gasteiger partial charge in [-0.15, -0.1) is 0 Å². The van der Waals surface area contributed by atoms with Gasteiger partial charge in [-0.1, -0.05) is 36.4 Å². The molecule has 1 amide bonds. The van der Waals surface area contributed by atoms with Crippen LogP contribution in [0.4, 0.5) is 11.5 Å². The van der Waals surface area contributed by atoms with Crippen molar-refractivity contribution in [1.29, 1.82) is 0 Å². The minimum atomic E-state index is -0.125. The summed E-state index contributed by atoms with van der Waals surface area (Å²) in [6, 6.07) is 23.9. The Labute approximate surface area is 213 Å². The van der Waals surface area contributed by atoms with Gasteiger partial charge < -0.3 is 15.6 Å². The molecule has 6 aromatic rings. The summed E-state index contributed by atoms with van der Waals surface area (Å²) in [5.74, 6) is 1.20. The van der Waals surface area contributed by atoms with Crippen LogP contribution < -0.4 is 10.6 Å². The number of carbonyl (C=O) groups excluding carboxylic acids is 1. The molecule has 3 aromatic carbocycles. The number of nitrogens with zero attached hydrogens (tertiary/aromatic N) is 3. The Hall–Kier alpha value is -4.98. The highest BCUT2D eigenvalue weighted by Gasteiger charge is 2.14. The first kappa shape index (κ1) is 22.5. The minimum absolute atomic E-state index is 0.0632. The Morgan fingerprint density at radius 3 is 2.49 bits per heavy atom. The van der Waals surface area contributed by atoms with Gasteiger partial charge in [-0.2, -0.15) is 5.10 Å². The van der Waals surface area contributed by atoms with Gasteiger partial charge in [0.15, 0.2) is 5.82 Å². The van der Waals surface area contributed by atoms with E-state index in [1.807, 2.05) is 92.8 Å². The molecule has 0 aliphatic rings. The summed E-state index contributed by atoms with van der Waals surface area (Å²) in [6.07, 6.45) is 3.67. The van der Waals surface area contributed by atoms with Crippen molar-refractivity contribution in [3.8, 4) is 22.5 Å². The summed E-state index contributed by atoms with van der Waals surface area (Å²) in [6.45, 7) is 3.88. The molecule has 0 saturated carbocycles. The average molecular weight is 488 g/mol. The molecule has 3 aromatic heterocycles. The molecule has 0 saturated heterocycles. The first-order valence-corrected chi connectivity index (χ1v) is 12.1. The van der Waals surface area contributed by atoms with Crippen molar-refractivity contribution < 1.29 is 4.79 Å². The number of hydrogen-bond donors (Lipinski definition) is 4. The van der Waals surface area contributed by atoms with E-state index in [9.17, 15) is 4.79 Å². The Balaban J connectivity index is 1.36. The van der Waals surface area contributed by atoms with Gasteiger partial charge in [0.1, 0.15) is 11.5 Å². The molecular weight excluding hydrogens is 462 g/mol. The van der Waals surface area contributed by atoms with E-state index >= 15 is 0 Å². The van der Waals surface area contributed by atoms with E-state index in [2.05, 4.69) is 25.8 Å². The number of hydrogen-bond acceptors (Lipinski definition) is 5. The molecule has 0 aliphatic heterocycles. The van der Waals surface area contributed by atoms with Crippen LogP contribution in [0.2, 0.25) is 0 Å². The second-order valence-electron chi connectivity index (χ2n) is 9.22. The van der Waals surface area contributed by atoms with Gasteiger partial charge >= 0.3 is 0 Å². The molecule has 0 spiro atoms. The Bertz CT molecular complexity index is 1720. The number of H-pyrrole nitrogens is 2. The molecule has 4 N–H and O–H groups in total. The number of nitrogens with one attached hydrogen (secondary N) is 4. The molecule has 0 aliphatic carbocycles. The van der Waals surface area contributed by atoms with Crippen LogP contribution in [0.25, 0.3) is 44.3 Å². The minimum Gasteiger partial charge on any atom is -0.351 e. The SMILES string of the molecule is CC(C)NC(=O)c1cc2ccc(-c3nc(Nc4ccc(-c5cn[nH]c5)cc4)c4ccccc4n3)cc2[nH]1. The van der Waals surface area contributed by atoms with Crippen LogP contribution in [0.3, 0.4) is 0 Å². The number of aromatic nitrogens is 5. The molecule has 6 rings (SSSR count). The fourth-order valence-electron chi connectivity index (χ4n) is 4.32. The lowest BCUT2D eigenvalue weighted by atomic mass is 10.1. The van der Waals surface area contributed by atoms with Crippen LogP contribution in [-0.2, 0) is 0 Å². The van der Waals surface area contributed by atoms with Crippen molar-refractivity contribution in [2.75, 3.05) is 5.32 Å². The molecule has 3 heterocycles. The predicted octanol–water partition coefficient (Wildman–Crippen LogP) is 6.05. The molecule has 0 fully saturated rings. The van der Waals surface area contributed by atoms with Crippen LogP contribution >= 0.6 is 0 Å². The van der Waals surface area contributed by atoms with Gasteiger partial charge in [0.05, 0.1) is 11.7 Å². The van der Waals surface area contributed by atoms with E-state index in [-0.39, 0.29) is 11.9 Å². The van der Waals surface area contributed by atoms with Crippen molar-refractivity contribution in [3.63, 3.8) is 0 Å². The molecule has 182 valence electrons. The van der Waals surface area contributed by atoms with Crippen LogP contribution in [0.15, 0.2) is 85.2 Å². The number of aromatic amines is 2. The van der Waals surface area contributed by atoms with Crippen molar-refractivity contribution in [2.24, 2.45) is 0 Å². The highest BCUT2D eigenvalue weighted by Crippen LogP contribution is 2.30. The number of amides is 1.